The Labute approximate surface area is 216 Å². The summed E-state index contributed by atoms with van der Waals surface area (Å²) in [6.45, 7) is 5.82. The Balaban J connectivity index is 1.40. The minimum Gasteiger partial charge on any atom is -0.499 e. The first kappa shape index (κ1) is 25.6. The second-order valence-corrected chi connectivity index (χ2v) is 9.68. The molecule has 0 saturated carbocycles. The number of rotatable bonds is 7. The lowest BCUT2D eigenvalue weighted by atomic mass is 9.93. The Hall–Kier alpha value is -3.50. The van der Waals surface area contributed by atoms with Gasteiger partial charge in [-0.1, -0.05) is 6.07 Å². The van der Waals surface area contributed by atoms with E-state index in [9.17, 15) is 4.79 Å². The van der Waals surface area contributed by atoms with Gasteiger partial charge in [-0.2, -0.15) is 0 Å². The summed E-state index contributed by atoms with van der Waals surface area (Å²) in [4.78, 5) is 24.9. The van der Waals surface area contributed by atoms with E-state index in [-0.39, 0.29) is 0 Å². The van der Waals surface area contributed by atoms with Crippen molar-refractivity contribution in [1.82, 2.24) is 20.2 Å². The van der Waals surface area contributed by atoms with Crippen LogP contribution in [0.2, 0.25) is 0 Å². The number of amides is 2. The first-order valence-electron chi connectivity index (χ1n) is 11.7. The molecule has 2 aromatic rings. The molecule has 1 fully saturated rings. The molecule has 2 amide bonds. The van der Waals surface area contributed by atoms with Gasteiger partial charge in [-0.3, -0.25) is 5.32 Å². The quantitative estimate of drug-likeness (QED) is 0.483. The Morgan fingerprint density at radius 1 is 1.11 bits per heavy atom. The third-order valence-corrected chi connectivity index (χ3v) is 6.73. The summed E-state index contributed by atoms with van der Waals surface area (Å²) >= 11 is 6.69. The van der Waals surface area contributed by atoms with Gasteiger partial charge in [-0.05, 0) is 38.2 Å². The first-order chi connectivity index (χ1) is 17.3. The van der Waals surface area contributed by atoms with Gasteiger partial charge < -0.3 is 29.9 Å². The molecule has 1 saturated heterocycles. The molecule has 2 heterocycles. The summed E-state index contributed by atoms with van der Waals surface area (Å²) in [5, 5.41) is 8.89. The number of alkyl halides is 1. The maximum atomic E-state index is 12.8. The largest absolute Gasteiger partial charge is 0.499 e. The fraction of sp³-hybridized carbons (Fsp3) is 0.400. The minimum absolute atomic E-state index is 0.339. The molecule has 36 heavy (non-hydrogen) atoms. The minimum atomic E-state index is -0.985. The number of carbonyl (C=O) groups is 1. The molecular weight excluding hydrogens is 482 g/mol. The van der Waals surface area contributed by atoms with Crippen molar-refractivity contribution in [2.45, 2.75) is 17.8 Å². The zero-order valence-corrected chi connectivity index (χ0v) is 21.7. The van der Waals surface area contributed by atoms with E-state index >= 15 is 0 Å². The van der Waals surface area contributed by atoms with E-state index in [0.29, 0.717) is 23.2 Å². The summed E-state index contributed by atoms with van der Waals surface area (Å²) in [7, 11) is 5.21. The van der Waals surface area contributed by atoms with Crippen LogP contribution in [0.3, 0.4) is 0 Å². The van der Waals surface area contributed by atoms with Crippen molar-refractivity contribution in [2.24, 2.45) is 0 Å². The number of ether oxygens (including phenoxy) is 2. The van der Waals surface area contributed by atoms with Crippen molar-refractivity contribution >= 4 is 40.6 Å². The molecule has 10 nitrogen and oxygen atoms in total. The molecule has 1 aliphatic carbocycles. The number of halogens is 1. The third kappa shape index (κ3) is 6.00. The zero-order chi connectivity index (χ0) is 25.7. The van der Waals surface area contributed by atoms with Crippen LogP contribution in [-0.2, 0) is 9.47 Å². The number of nitrogens with one attached hydrogen (secondary N) is 3. The molecule has 1 aliphatic heterocycles. The van der Waals surface area contributed by atoms with Gasteiger partial charge in [-0.25, -0.2) is 14.8 Å². The molecule has 2 unspecified atom stereocenters. The van der Waals surface area contributed by atoms with Crippen LogP contribution in [0.15, 0.2) is 60.3 Å². The predicted molar refractivity (Wildman–Crippen MR) is 142 cm³/mol. The molecule has 192 valence electrons. The number of allylic oxidation sites excluding steroid dienone is 1. The van der Waals surface area contributed by atoms with E-state index in [1.165, 1.54) is 13.4 Å². The van der Waals surface area contributed by atoms with Crippen LogP contribution in [0.5, 0.6) is 0 Å². The van der Waals surface area contributed by atoms with Crippen LogP contribution >= 0.6 is 11.6 Å². The number of aromatic nitrogens is 2. The second kappa shape index (κ2) is 11.0. The Kier molecular flexibility index (Phi) is 7.85. The summed E-state index contributed by atoms with van der Waals surface area (Å²) in [6, 6.07) is 8.81. The van der Waals surface area contributed by atoms with Crippen LogP contribution in [0, 0.1) is 0 Å². The number of nitrogens with zero attached hydrogens (tertiary/aromatic N) is 4. The lowest BCUT2D eigenvalue weighted by Gasteiger charge is -2.34. The van der Waals surface area contributed by atoms with Crippen LogP contribution in [0.4, 0.5) is 27.8 Å². The maximum absolute atomic E-state index is 12.8. The van der Waals surface area contributed by atoms with Gasteiger partial charge in [0.1, 0.15) is 34.4 Å². The number of methoxy groups -OCH3 is 2. The van der Waals surface area contributed by atoms with E-state index in [0.717, 1.165) is 37.6 Å². The number of piperazine rings is 1. The summed E-state index contributed by atoms with van der Waals surface area (Å²) in [6.07, 6.45) is 4.82. The number of hydrogen-bond donors (Lipinski definition) is 3. The monoisotopic (exact) mass is 513 g/mol. The second-order valence-electron chi connectivity index (χ2n) is 8.89. The fourth-order valence-corrected chi connectivity index (χ4v) is 4.38. The molecular formula is C25H32ClN7O3. The predicted octanol–water partition coefficient (Wildman–Crippen LogP) is 3.53. The van der Waals surface area contributed by atoms with Crippen molar-refractivity contribution in [2.75, 3.05) is 63.0 Å². The lowest BCUT2D eigenvalue weighted by Crippen LogP contribution is -2.50. The summed E-state index contributed by atoms with van der Waals surface area (Å²) < 4.78 is 10.7. The Bertz CT molecular complexity index is 1150. The van der Waals surface area contributed by atoms with Crippen molar-refractivity contribution in [3.63, 3.8) is 0 Å². The molecule has 2 atom stereocenters. The zero-order valence-electron chi connectivity index (χ0n) is 20.9. The highest BCUT2D eigenvalue weighted by Crippen LogP contribution is 2.35. The van der Waals surface area contributed by atoms with Crippen LogP contribution in [0.1, 0.15) is 6.92 Å². The number of benzene rings is 1. The molecule has 0 bridgehead atoms. The Morgan fingerprint density at radius 2 is 1.86 bits per heavy atom. The maximum Gasteiger partial charge on any atom is 0.320 e. The number of carbonyl (C=O) groups excluding carboxylic acids is 1. The van der Waals surface area contributed by atoms with E-state index < -0.39 is 16.9 Å². The molecule has 3 N–H and O–H groups in total. The highest BCUT2D eigenvalue weighted by molar-refractivity contribution is 6.26. The molecule has 0 spiro atoms. The third-order valence-electron chi connectivity index (χ3n) is 6.31. The first-order valence-corrected chi connectivity index (χ1v) is 12.1. The summed E-state index contributed by atoms with van der Waals surface area (Å²) in [5.41, 5.74) is 2.06. The number of hydrogen-bond acceptors (Lipinski definition) is 8. The highest BCUT2D eigenvalue weighted by Gasteiger charge is 2.40. The van der Waals surface area contributed by atoms with E-state index in [1.54, 1.807) is 32.3 Å². The summed E-state index contributed by atoms with van der Waals surface area (Å²) in [5.74, 6) is 1.93. The van der Waals surface area contributed by atoms with Crippen LogP contribution < -0.4 is 20.9 Å². The van der Waals surface area contributed by atoms with Gasteiger partial charge in [0.15, 0.2) is 0 Å². The van der Waals surface area contributed by atoms with Crippen molar-refractivity contribution in [1.29, 1.82) is 0 Å². The van der Waals surface area contributed by atoms with Gasteiger partial charge in [0, 0.05) is 49.7 Å². The van der Waals surface area contributed by atoms with Crippen molar-refractivity contribution in [3.05, 3.63) is 60.3 Å². The van der Waals surface area contributed by atoms with Gasteiger partial charge >= 0.3 is 6.03 Å². The molecule has 4 rings (SSSR count). The number of anilines is 4. The van der Waals surface area contributed by atoms with Gasteiger partial charge in [0.2, 0.25) is 0 Å². The topological polar surface area (TPSA) is 104 Å². The Morgan fingerprint density at radius 3 is 2.58 bits per heavy atom. The highest BCUT2D eigenvalue weighted by atomic mass is 35.5. The van der Waals surface area contributed by atoms with Gasteiger partial charge in [0.25, 0.3) is 0 Å². The standard InChI is InChI=1S/C25H32ClN7O3/c1-25(26)20(13-19(35-3)14-21(25)36-4)30-24(34)31-23-15-22(27-16-28-23)29-17-6-5-7-18(12-17)33-10-8-32(2)9-11-33/h5-7,12-16,20H,8-11H2,1-4H3,(H3,27,28,29,30,31,34). The molecule has 11 heteroatoms. The van der Waals surface area contributed by atoms with Crippen LogP contribution in [-0.4, -0.2) is 79.3 Å². The van der Waals surface area contributed by atoms with Gasteiger partial charge in [-0.15, -0.1) is 11.6 Å². The SMILES string of the molecule is COC1=CC(NC(=O)Nc2cc(Nc3cccc(N4CCN(C)CC4)c3)ncn2)C(C)(Cl)C(OC)=C1. The smallest absolute Gasteiger partial charge is 0.320 e. The number of urea groups is 1. The van der Waals surface area contributed by atoms with E-state index in [2.05, 4.69) is 54.9 Å². The fourth-order valence-electron chi connectivity index (χ4n) is 4.14. The van der Waals surface area contributed by atoms with E-state index in [4.69, 9.17) is 21.1 Å². The molecule has 1 aromatic carbocycles. The van der Waals surface area contributed by atoms with Gasteiger partial charge in [0.05, 0.1) is 20.3 Å². The molecule has 1 aromatic heterocycles. The molecule has 2 aliphatic rings. The molecule has 0 radical (unpaired) electrons. The lowest BCUT2D eigenvalue weighted by molar-refractivity contribution is 0.220. The normalized spacial score (nSPS) is 22.2. The average molecular weight is 514 g/mol. The number of likely N-dealkylation sites (N-methyl/N-ethyl adjacent to an activating group) is 1. The van der Waals surface area contributed by atoms with Crippen molar-refractivity contribution < 1.29 is 14.3 Å². The van der Waals surface area contributed by atoms with Crippen molar-refractivity contribution in [3.8, 4) is 0 Å². The average Bonchev–Trinajstić information content (AvgIpc) is 2.86. The van der Waals surface area contributed by atoms with E-state index in [1.807, 2.05) is 12.1 Å². The van der Waals surface area contributed by atoms with Crippen LogP contribution in [0.25, 0.3) is 0 Å².